The van der Waals surface area contributed by atoms with E-state index >= 15 is 0 Å². The Balaban J connectivity index is 1.27. The summed E-state index contributed by atoms with van der Waals surface area (Å²) in [6.07, 6.45) is 8.08. The summed E-state index contributed by atoms with van der Waals surface area (Å²) < 4.78 is 1.99. The van der Waals surface area contributed by atoms with Crippen molar-refractivity contribution in [2.75, 3.05) is 19.6 Å². The number of nitriles is 1. The SMILES string of the molecule is N#CCc1cnc(-c2ccc3ccccc3c2)n1C1=CCNC(NC2CCCN(C(=O)C3CC3)C2)=N1. The van der Waals surface area contributed by atoms with E-state index in [1.54, 1.807) is 6.20 Å². The fourth-order valence-corrected chi connectivity index (χ4v) is 5.12. The maximum atomic E-state index is 12.6. The number of hydrogen-bond acceptors (Lipinski definition) is 6. The zero-order valence-corrected chi connectivity index (χ0v) is 20.2. The first kappa shape index (κ1) is 22.4. The third kappa shape index (κ3) is 4.44. The lowest BCUT2D eigenvalue weighted by molar-refractivity contribution is -0.133. The number of piperidine rings is 1. The Morgan fingerprint density at radius 2 is 2.03 bits per heavy atom. The lowest BCUT2D eigenvalue weighted by Crippen LogP contribution is -2.53. The molecule has 6 rings (SSSR count). The summed E-state index contributed by atoms with van der Waals surface area (Å²) >= 11 is 0. The summed E-state index contributed by atoms with van der Waals surface area (Å²) in [4.78, 5) is 24.2. The smallest absolute Gasteiger partial charge is 0.225 e. The van der Waals surface area contributed by atoms with Crippen LogP contribution in [0, 0.1) is 17.2 Å². The molecule has 8 nitrogen and oxygen atoms in total. The van der Waals surface area contributed by atoms with E-state index in [-0.39, 0.29) is 18.4 Å². The number of nitrogens with one attached hydrogen (secondary N) is 2. The second-order valence-corrected chi connectivity index (χ2v) is 9.75. The minimum absolute atomic E-state index is 0.161. The van der Waals surface area contributed by atoms with Crippen LogP contribution in [0.25, 0.3) is 28.0 Å². The second-order valence-electron chi connectivity index (χ2n) is 9.75. The van der Waals surface area contributed by atoms with Crippen molar-refractivity contribution in [3.63, 3.8) is 0 Å². The Morgan fingerprint density at radius 3 is 2.86 bits per heavy atom. The molecule has 1 saturated carbocycles. The number of fused-ring (bicyclic) bond motifs is 1. The number of amides is 1. The molecule has 2 aromatic carbocycles. The van der Waals surface area contributed by atoms with Gasteiger partial charge < -0.3 is 15.5 Å². The first-order valence-electron chi connectivity index (χ1n) is 12.7. The normalized spacial score (nSPS) is 19.8. The van der Waals surface area contributed by atoms with E-state index < -0.39 is 0 Å². The van der Waals surface area contributed by atoms with Crippen LogP contribution in [-0.4, -0.2) is 52.0 Å². The maximum absolute atomic E-state index is 12.6. The molecule has 182 valence electrons. The summed E-state index contributed by atoms with van der Waals surface area (Å²) in [5, 5.41) is 18.6. The van der Waals surface area contributed by atoms with Crippen molar-refractivity contribution in [3.8, 4) is 17.5 Å². The molecule has 1 atom stereocenters. The average molecular weight is 480 g/mol. The van der Waals surface area contributed by atoms with Gasteiger partial charge in [-0.3, -0.25) is 9.36 Å². The fourth-order valence-electron chi connectivity index (χ4n) is 5.12. The minimum Gasteiger partial charge on any atom is -0.352 e. The number of imidazole rings is 1. The first-order chi connectivity index (χ1) is 17.7. The Kier molecular flexibility index (Phi) is 5.90. The van der Waals surface area contributed by atoms with Crippen LogP contribution in [0.2, 0.25) is 0 Å². The van der Waals surface area contributed by atoms with E-state index in [4.69, 9.17) is 9.98 Å². The first-order valence-corrected chi connectivity index (χ1v) is 12.7. The van der Waals surface area contributed by atoms with E-state index in [9.17, 15) is 10.1 Å². The van der Waals surface area contributed by atoms with Gasteiger partial charge in [-0.05, 0) is 48.6 Å². The van der Waals surface area contributed by atoms with Crippen LogP contribution in [0.4, 0.5) is 0 Å². The summed E-state index contributed by atoms with van der Waals surface area (Å²) in [5.74, 6) is 2.75. The fraction of sp³-hybridized carbons (Fsp3) is 0.357. The summed E-state index contributed by atoms with van der Waals surface area (Å²) in [7, 11) is 0. The van der Waals surface area contributed by atoms with Crippen molar-refractivity contribution in [2.45, 2.75) is 38.1 Å². The van der Waals surface area contributed by atoms with E-state index in [0.717, 1.165) is 60.5 Å². The number of likely N-dealkylation sites (tertiary alicyclic amines) is 1. The zero-order chi connectivity index (χ0) is 24.5. The van der Waals surface area contributed by atoms with Crippen molar-refractivity contribution in [3.05, 3.63) is 60.4 Å². The Labute approximate surface area is 210 Å². The molecule has 1 saturated heterocycles. The lowest BCUT2D eigenvalue weighted by atomic mass is 10.1. The quantitative estimate of drug-likeness (QED) is 0.584. The number of benzene rings is 2. The van der Waals surface area contributed by atoms with Crippen molar-refractivity contribution in [1.82, 2.24) is 25.1 Å². The van der Waals surface area contributed by atoms with Gasteiger partial charge in [0.1, 0.15) is 11.6 Å². The van der Waals surface area contributed by atoms with Crippen LogP contribution >= 0.6 is 0 Å². The van der Waals surface area contributed by atoms with Gasteiger partial charge in [0.25, 0.3) is 0 Å². The maximum Gasteiger partial charge on any atom is 0.225 e. The highest BCUT2D eigenvalue weighted by Crippen LogP contribution is 2.32. The number of aliphatic imine (C=N–C) groups is 1. The van der Waals surface area contributed by atoms with Crippen molar-refractivity contribution < 1.29 is 4.79 Å². The summed E-state index contributed by atoms with van der Waals surface area (Å²) in [6, 6.07) is 17.0. The predicted octanol–water partition coefficient (Wildman–Crippen LogP) is 3.52. The Morgan fingerprint density at radius 1 is 1.17 bits per heavy atom. The zero-order valence-electron chi connectivity index (χ0n) is 20.2. The second kappa shape index (κ2) is 9.50. The Hall–Kier alpha value is -4.12. The summed E-state index contributed by atoms with van der Waals surface area (Å²) in [5.41, 5.74) is 1.78. The van der Waals surface area contributed by atoms with Crippen LogP contribution in [0.3, 0.4) is 0 Å². The van der Waals surface area contributed by atoms with Gasteiger partial charge in [-0.15, -0.1) is 0 Å². The van der Waals surface area contributed by atoms with Crippen molar-refractivity contribution >= 4 is 28.5 Å². The highest BCUT2D eigenvalue weighted by molar-refractivity contribution is 5.88. The third-order valence-corrected chi connectivity index (χ3v) is 7.11. The topological polar surface area (TPSA) is 98.3 Å². The molecule has 0 spiro atoms. The number of hydrogen-bond donors (Lipinski definition) is 2. The number of carbonyl (C=O) groups is 1. The number of nitrogens with zero attached hydrogens (tertiary/aromatic N) is 5. The molecule has 1 amide bonds. The van der Waals surface area contributed by atoms with Gasteiger partial charge in [0.05, 0.1) is 24.4 Å². The molecule has 8 heteroatoms. The minimum atomic E-state index is 0.161. The van der Waals surface area contributed by atoms with Crippen LogP contribution < -0.4 is 10.6 Å². The number of carbonyl (C=O) groups excluding carboxylic acids is 1. The van der Waals surface area contributed by atoms with Crippen LogP contribution in [0.5, 0.6) is 0 Å². The molecule has 3 aliphatic rings. The molecule has 36 heavy (non-hydrogen) atoms. The van der Waals surface area contributed by atoms with E-state index in [0.29, 0.717) is 25.0 Å². The molecule has 2 aliphatic heterocycles. The van der Waals surface area contributed by atoms with Gasteiger partial charge in [-0.2, -0.15) is 10.3 Å². The standard InChI is InChI=1S/C28H29N7O/c29-13-11-24-17-31-26(22-10-7-19-4-1-2-5-21(19)16-22)35(24)25-12-14-30-28(33-25)32-23-6-3-15-34(18-23)27(36)20-8-9-20/h1-2,4-5,7,10,12,16-17,20,23H,3,6,8-9,11,14-15,18H2,(H2,30,32,33). The van der Waals surface area contributed by atoms with Gasteiger partial charge in [0.2, 0.25) is 5.91 Å². The van der Waals surface area contributed by atoms with Gasteiger partial charge in [0.15, 0.2) is 5.96 Å². The number of guanidine groups is 1. The number of aromatic nitrogens is 2. The van der Waals surface area contributed by atoms with E-state index in [1.807, 2.05) is 27.7 Å². The van der Waals surface area contributed by atoms with Crippen LogP contribution in [0.1, 0.15) is 31.4 Å². The molecule has 2 N–H and O–H groups in total. The van der Waals surface area contributed by atoms with Gasteiger partial charge in [-0.1, -0.05) is 36.4 Å². The van der Waals surface area contributed by atoms with Crippen molar-refractivity contribution in [1.29, 1.82) is 5.26 Å². The van der Waals surface area contributed by atoms with Crippen molar-refractivity contribution in [2.24, 2.45) is 10.9 Å². The van der Waals surface area contributed by atoms with Gasteiger partial charge >= 0.3 is 0 Å². The molecule has 1 unspecified atom stereocenters. The lowest BCUT2D eigenvalue weighted by Gasteiger charge is -2.34. The molecule has 2 fully saturated rings. The predicted molar refractivity (Wildman–Crippen MR) is 140 cm³/mol. The molecular weight excluding hydrogens is 450 g/mol. The molecular formula is C28H29N7O. The molecule has 3 heterocycles. The molecule has 1 aromatic heterocycles. The Bertz CT molecular complexity index is 1410. The third-order valence-electron chi connectivity index (χ3n) is 7.11. The van der Waals surface area contributed by atoms with Gasteiger partial charge in [-0.25, -0.2) is 4.98 Å². The molecule has 0 radical (unpaired) electrons. The monoisotopic (exact) mass is 479 g/mol. The van der Waals surface area contributed by atoms with E-state index in [2.05, 4.69) is 47.0 Å². The summed E-state index contributed by atoms with van der Waals surface area (Å²) in [6.45, 7) is 2.17. The molecule has 0 bridgehead atoms. The number of rotatable bonds is 5. The largest absolute Gasteiger partial charge is 0.352 e. The molecule has 3 aromatic rings. The average Bonchev–Trinajstić information content (AvgIpc) is 3.68. The van der Waals surface area contributed by atoms with Crippen LogP contribution in [-0.2, 0) is 11.2 Å². The molecule has 1 aliphatic carbocycles. The van der Waals surface area contributed by atoms with Gasteiger partial charge in [0, 0.05) is 37.2 Å². The van der Waals surface area contributed by atoms with E-state index in [1.165, 1.54) is 5.39 Å². The highest BCUT2D eigenvalue weighted by atomic mass is 16.2. The highest BCUT2D eigenvalue weighted by Gasteiger charge is 2.35. The van der Waals surface area contributed by atoms with Crippen LogP contribution in [0.15, 0.2) is 59.7 Å².